The van der Waals surface area contributed by atoms with Gasteiger partial charge in [0.2, 0.25) is 0 Å². The van der Waals surface area contributed by atoms with E-state index < -0.39 is 0 Å². The molecule has 0 aromatic rings. The second-order valence-electron chi connectivity index (χ2n) is 8.48. The Labute approximate surface area is 137 Å². The van der Waals surface area contributed by atoms with Crippen LogP contribution < -0.4 is 0 Å². The summed E-state index contributed by atoms with van der Waals surface area (Å²) in [5.41, 5.74) is -0.588. The molecular formula is C20H36O2. The van der Waals surface area contributed by atoms with E-state index in [2.05, 4.69) is 13.8 Å². The van der Waals surface area contributed by atoms with E-state index in [9.17, 15) is 4.79 Å². The third-order valence-electron chi connectivity index (χ3n) is 6.58. The molecule has 0 radical (unpaired) electrons. The highest BCUT2D eigenvalue weighted by Gasteiger charge is 2.46. The van der Waals surface area contributed by atoms with Crippen molar-refractivity contribution >= 4 is 5.97 Å². The van der Waals surface area contributed by atoms with Crippen LogP contribution in [0.15, 0.2) is 0 Å². The van der Waals surface area contributed by atoms with Crippen molar-refractivity contribution in [1.29, 1.82) is 0 Å². The molecule has 2 aliphatic carbocycles. The highest BCUT2D eigenvalue weighted by Crippen LogP contribution is 2.46. The first-order chi connectivity index (χ1) is 10.4. The van der Waals surface area contributed by atoms with Gasteiger partial charge in [-0.15, -0.1) is 0 Å². The van der Waals surface area contributed by atoms with Crippen LogP contribution in [-0.4, -0.2) is 11.6 Å². The van der Waals surface area contributed by atoms with E-state index in [0.29, 0.717) is 11.8 Å². The quantitative estimate of drug-likeness (QED) is 0.592. The van der Waals surface area contributed by atoms with E-state index in [1.54, 1.807) is 0 Å². The van der Waals surface area contributed by atoms with Gasteiger partial charge in [0.15, 0.2) is 0 Å². The molecule has 2 aliphatic rings. The second kappa shape index (κ2) is 7.36. The van der Waals surface area contributed by atoms with Crippen molar-refractivity contribution in [2.75, 3.05) is 0 Å². The SMILES string of the molecule is CCC(C)(C)C(=O)OC(C)(C1CCCCC1)C1CCCCC1. The third-order valence-corrected chi connectivity index (χ3v) is 6.58. The van der Waals surface area contributed by atoms with Crippen molar-refractivity contribution in [1.82, 2.24) is 0 Å². The first kappa shape index (κ1) is 17.8. The highest BCUT2D eigenvalue weighted by atomic mass is 16.6. The van der Waals surface area contributed by atoms with Gasteiger partial charge in [-0.3, -0.25) is 4.79 Å². The second-order valence-corrected chi connectivity index (χ2v) is 8.48. The first-order valence-corrected chi connectivity index (χ1v) is 9.63. The van der Waals surface area contributed by atoms with Crippen LogP contribution in [0.4, 0.5) is 0 Å². The number of rotatable bonds is 5. The van der Waals surface area contributed by atoms with Gasteiger partial charge in [0, 0.05) is 0 Å². The minimum atomic E-state index is -0.357. The predicted octanol–water partition coefficient (Wildman–Crippen LogP) is 5.89. The number of hydrogen-bond donors (Lipinski definition) is 0. The minimum absolute atomic E-state index is 0.0219. The zero-order chi connectivity index (χ0) is 16.2. The van der Waals surface area contributed by atoms with Crippen LogP contribution in [0.3, 0.4) is 0 Å². The van der Waals surface area contributed by atoms with Crippen LogP contribution in [0.25, 0.3) is 0 Å². The molecule has 0 N–H and O–H groups in total. The fourth-order valence-electron chi connectivity index (χ4n) is 4.33. The van der Waals surface area contributed by atoms with Gasteiger partial charge in [-0.2, -0.15) is 0 Å². The Morgan fingerprint density at radius 3 is 1.64 bits per heavy atom. The molecule has 0 amide bonds. The number of esters is 1. The van der Waals surface area contributed by atoms with E-state index in [0.717, 1.165) is 6.42 Å². The Hall–Kier alpha value is -0.530. The van der Waals surface area contributed by atoms with Gasteiger partial charge in [0.05, 0.1) is 5.41 Å². The summed E-state index contributed by atoms with van der Waals surface area (Å²) in [6, 6.07) is 0. The molecule has 2 saturated carbocycles. The summed E-state index contributed by atoms with van der Waals surface area (Å²) in [4.78, 5) is 12.8. The van der Waals surface area contributed by atoms with Crippen molar-refractivity contribution in [3.8, 4) is 0 Å². The minimum Gasteiger partial charge on any atom is -0.458 e. The lowest BCUT2D eigenvalue weighted by Gasteiger charge is -2.47. The van der Waals surface area contributed by atoms with Crippen LogP contribution in [0.1, 0.15) is 98.3 Å². The molecule has 0 unspecified atom stereocenters. The molecule has 2 nitrogen and oxygen atoms in total. The zero-order valence-electron chi connectivity index (χ0n) is 15.2. The molecule has 0 spiro atoms. The van der Waals surface area contributed by atoms with Gasteiger partial charge in [-0.1, -0.05) is 45.4 Å². The fourth-order valence-corrected chi connectivity index (χ4v) is 4.33. The molecule has 2 heteroatoms. The van der Waals surface area contributed by atoms with Gasteiger partial charge in [0.25, 0.3) is 0 Å². The lowest BCUT2D eigenvalue weighted by molar-refractivity contribution is -0.187. The van der Waals surface area contributed by atoms with Crippen molar-refractivity contribution in [2.24, 2.45) is 17.3 Å². The van der Waals surface area contributed by atoms with Crippen molar-refractivity contribution in [3.63, 3.8) is 0 Å². The van der Waals surface area contributed by atoms with Crippen LogP contribution >= 0.6 is 0 Å². The van der Waals surface area contributed by atoms with Crippen LogP contribution in [0.5, 0.6) is 0 Å². The molecule has 0 saturated heterocycles. The summed E-state index contributed by atoms with van der Waals surface area (Å²) in [5, 5.41) is 0. The highest BCUT2D eigenvalue weighted by molar-refractivity contribution is 5.76. The smallest absolute Gasteiger partial charge is 0.312 e. The van der Waals surface area contributed by atoms with Gasteiger partial charge in [0.1, 0.15) is 5.60 Å². The van der Waals surface area contributed by atoms with Crippen LogP contribution in [0, 0.1) is 17.3 Å². The Bertz CT molecular complexity index is 342. The van der Waals surface area contributed by atoms with Crippen LogP contribution in [-0.2, 0) is 9.53 Å². The first-order valence-electron chi connectivity index (χ1n) is 9.63. The van der Waals surface area contributed by atoms with Crippen LogP contribution in [0.2, 0.25) is 0 Å². The molecule has 0 aromatic carbocycles. The lowest BCUT2D eigenvalue weighted by Crippen LogP contribution is -2.49. The fraction of sp³-hybridized carbons (Fsp3) is 0.950. The molecule has 0 aromatic heterocycles. The largest absolute Gasteiger partial charge is 0.458 e. The summed E-state index contributed by atoms with van der Waals surface area (Å²) in [6.07, 6.45) is 13.8. The molecular weight excluding hydrogens is 272 g/mol. The van der Waals surface area contributed by atoms with E-state index in [1.165, 1.54) is 64.2 Å². The summed E-state index contributed by atoms with van der Waals surface area (Å²) >= 11 is 0. The maximum absolute atomic E-state index is 12.8. The van der Waals surface area contributed by atoms with Crippen molar-refractivity contribution in [3.05, 3.63) is 0 Å². The summed E-state index contributed by atoms with van der Waals surface area (Å²) in [7, 11) is 0. The number of carbonyl (C=O) groups excluding carboxylic acids is 1. The molecule has 0 bridgehead atoms. The predicted molar refractivity (Wildman–Crippen MR) is 91.7 cm³/mol. The summed E-state index contributed by atoms with van der Waals surface area (Å²) in [5.74, 6) is 1.16. The van der Waals surface area contributed by atoms with E-state index in [4.69, 9.17) is 4.74 Å². The molecule has 2 fully saturated rings. The molecule has 2 rings (SSSR count). The van der Waals surface area contributed by atoms with Gasteiger partial charge >= 0.3 is 5.97 Å². The average Bonchev–Trinajstić information content (AvgIpc) is 2.56. The molecule has 0 heterocycles. The van der Waals surface area contributed by atoms with Gasteiger partial charge in [-0.25, -0.2) is 0 Å². The van der Waals surface area contributed by atoms with E-state index >= 15 is 0 Å². The third kappa shape index (κ3) is 3.86. The average molecular weight is 309 g/mol. The Kier molecular flexibility index (Phi) is 5.96. The number of hydrogen-bond acceptors (Lipinski definition) is 2. The summed E-state index contributed by atoms with van der Waals surface area (Å²) < 4.78 is 6.33. The Morgan fingerprint density at radius 1 is 0.864 bits per heavy atom. The van der Waals surface area contributed by atoms with Crippen molar-refractivity contribution in [2.45, 2.75) is 104 Å². The van der Waals surface area contributed by atoms with E-state index in [1.807, 2.05) is 13.8 Å². The maximum atomic E-state index is 12.8. The normalized spacial score (nSPS) is 22.5. The maximum Gasteiger partial charge on any atom is 0.312 e. The standard InChI is InChI=1S/C20H36O2/c1-5-19(2,3)18(21)22-20(4,16-12-8-6-9-13-16)17-14-10-7-11-15-17/h16-17H,5-15H2,1-4H3. The topological polar surface area (TPSA) is 26.3 Å². The Balaban J connectivity index is 2.18. The monoisotopic (exact) mass is 308 g/mol. The molecule has 22 heavy (non-hydrogen) atoms. The molecule has 0 aliphatic heterocycles. The number of ether oxygens (including phenoxy) is 1. The van der Waals surface area contributed by atoms with E-state index in [-0.39, 0.29) is 17.0 Å². The van der Waals surface area contributed by atoms with Gasteiger partial charge in [-0.05, 0) is 64.7 Å². The lowest BCUT2D eigenvalue weighted by atomic mass is 9.67. The molecule has 0 atom stereocenters. The number of carbonyl (C=O) groups is 1. The molecule has 128 valence electrons. The van der Waals surface area contributed by atoms with Gasteiger partial charge < -0.3 is 4.74 Å². The van der Waals surface area contributed by atoms with Crippen molar-refractivity contribution < 1.29 is 9.53 Å². The Morgan fingerprint density at radius 2 is 1.27 bits per heavy atom. The summed E-state index contributed by atoms with van der Waals surface area (Å²) in [6.45, 7) is 8.40. The zero-order valence-corrected chi connectivity index (χ0v) is 15.2.